The average Bonchev–Trinajstić information content (AvgIpc) is 3.51. The number of nitrogens with zero attached hydrogens (tertiary/aromatic N) is 3. The third-order valence-corrected chi connectivity index (χ3v) is 10.2. The van der Waals surface area contributed by atoms with E-state index in [1.165, 1.54) is 6.07 Å². The summed E-state index contributed by atoms with van der Waals surface area (Å²) < 4.78 is 40.3. The van der Waals surface area contributed by atoms with Crippen LogP contribution < -0.4 is 0 Å². The van der Waals surface area contributed by atoms with Crippen molar-refractivity contribution in [2.45, 2.75) is 54.7 Å². The van der Waals surface area contributed by atoms with Crippen molar-refractivity contribution in [3.05, 3.63) is 41.0 Å². The van der Waals surface area contributed by atoms with Crippen LogP contribution in [0.25, 0.3) is 11.0 Å². The van der Waals surface area contributed by atoms with Gasteiger partial charge in [0.2, 0.25) is 9.84 Å². The first kappa shape index (κ1) is 25.4. The largest absolute Gasteiger partial charge is 0.381 e. The zero-order valence-corrected chi connectivity index (χ0v) is 22.7. The summed E-state index contributed by atoms with van der Waals surface area (Å²) >= 11 is 1.02. The molecule has 0 saturated carbocycles. The van der Waals surface area contributed by atoms with Crippen LogP contribution in [0.1, 0.15) is 49.1 Å². The molecule has 0 unspecified atom stereocenters. The number of imidazole rings is 1. The van der Waals surface area contributed by atoms with E-state index in [0.717, 1.165) is 55.3 Å². The number of fused-ring (bicyclic) bond motifs is 1. The van der Waals surface area contributed by atoms with Crippen LogP contribution in [0.15, 0.2) is 39.4 Å². The quantitative estimate of drug-likeness (QED) is 0.492. The molecule has 2 aliphatic rings. The molecule has 10 heteroatoms. The molecule has 2 aliphatic heterocycles. The van der Waals surface area contributed by atoms with Crippen LogP contribution in [0.5, 0.6) is 0 Å². The van der Waals surface area contributed by atoms with Crippen molar-refractivity contribution in [3.8, 4) is 0 Å². The van der Waals surface area contributed by atoms with Gasteiger partial charge in [0, 0.05) is 38.3 Å². The molecule has 0 bridgehead atoms. The second-order valence-electron chi connectivity index (χ2n) is 10.5. The highest BCUT2D eigenvalue weighted by atomic mass is 32.2. The molecule has 5 rings (SSSR count). The third kappa shape index (κ3) is 4.96. The van der Waals surface area contributed by atoms with Gasteiger partial charge in [0.1, 0.15) is 10.0 Å². The van der Waals surface area contributed by atoms with Gasteiger partial charge < -0.3 is 18.9 Å². The second-order valence-corrected chi connectivity index (χ2v) is 13.8. The van der Waals surface area contributed by atoms with Gasteiger partial charge in [0.25, 0.3) is 5.91 Å². The van der Waals surface area contributed by atoms with Gasteiger partial charge in [-0.3, -0.25) is 4.79 Å². The van der Waals surface area contributed by atoms with Gasteiger partial charge in [0.15, 0.2) is 0 Å². The summed E-state index contributed by atoms with van der Waals surface area (Å²) in [5.41, 5.74) is 1.43. The van der Waals surface area contributed by atoms with Gasteiger partial charge in [-0.2, -0.15) is 0 Å². The maximum absolute atomic E-state index is 13.5. The van der Waals surface area contributed by atoms with E-state index in [4.69, 9.17) is 14.5 Å². The SMILES string of the molecule is CC(C)(C)c1nc2cc(S(=O)(=O)c3ccc(C(=O)N4CCOCC4)s3)ccc2n1CC1CCOCC1. The molecular formula is C26H33N3O5S2. The molecule has 8 nitrogen and oxygen atoms in total. The minimum Gasteiger partial charge on any atom is -0.381 e. The lowest BCUT2D eigenvalue weighted by atomic mass is 9.94. The fraction of sp³-hybridized carbons (Fsp3) is 0.538. The third-order valence-electron chi connectivity index (χ3n) is 6.84. The number of amides is 1. The number of benzene rings is 1. The molecule has 2 saturated heterocycles. The lowest BCUT2D eigenvalue weighted by Gasteiger charge is -2.26. The predicted octanol–water partition coefficient (Wildman–Crippen LogP) is 4.13. The molecule has 2 fully saturated rings. The summed E-state index contributed by atoms with van der Waals surface area (Å²) in [6, 6.07) is 8.34. The lowest BCUT2D eigenvalue weighted by Crippen LogP contribution is -2.40. The van der Waals surface area contributed by atoms with Gasteiger partial charge in [-0.25, -0.2) is 13.4 Å². The van der Waals surface area contributed by atoms with E-state index in [1.807, 2.05) is 6.07 Å². The van der Waals surface area contributed by atoms with E-state index < -0.39 is 9.84 Å². The number of sulfone groups is 1. The fourth-order valence-electron chi connectivity index (χ4n) is 4.84. The number of aromatic nitrogens is 2. The summed E-state index contributed by atoms with van der Waals surface area (Å²) in [5.74, 6) is 1.31. The van der Waals surface area contributed by atoms with E-state index in [0.29, 0.717) is 42.6 Å². The minimum absolute atomic E-state index is 0.151. The molecule has 2 aromatic heterocycles. The maximum atomic E-state index is 13.5. The van der Waals surface area contributed by atoms with Gasteiger partial charge in [0.05, 0.1) is 34.0 Å². The van der Waals surface area contributed by atoms with Crippen LogP contribution in [0.3, 0.4) is 0 Å². The summed E-state index contributed by atoms with van der Waals surface area (Å²) in [5, 5.41) is 0. The van der Waals surface area contributed by atoms with Crippen molar-refractivity contribution in [3.63, 3.8) is 0 Å². The minimum atomic E-state index is -3.78. The van der Waals surface area contributed by atoms with Crippen LogP contribution in [0.4, 0.5) is 0 Å². The van der Waals surface area contributed by atoms with Gasteiger partial charge in [-0.05, 0) is 49.1 Å². The topological polar surface area (TPSA) is 90.7 Å². The van der Waals surface area contributed by atoms with Gasteiger partial charge in [-0.15, -0.1) is 11.3 Å². The summed E-state index contributed by atoms with van der Waals surface area (Å²) in [6.07, 6.45) is 2.03. The number of hydrogen-bond donors (Lipinski definition) is 0. The first-order chi connectivity index (χ1) is 17.1. The van der Waals surface area contributed by atoms with Crippen molar-refractivity contribution >= 4 is 38.1 Å². The Balaban J connectivity index is 1.46. The van der Waals surface area contributed by atoms with E-state index in [9.17, 15) is 13.2 Å². The van der Waals surface area contributed by atoms with Crippen LogP contribution in [-0.4, -0.2) is 68.3 Å². The monoisotopic (exact) mass is 531 g/mol. The van der Waals surface area contributed by atoms with Crippen LogP contribution in [0.2, 0.25) is 0 Å². The molecule has 0 spiro atoms. The van der Waals surface area contributed by atoms with E-state index >= 15 is 0 Å². The Bertz CT molecular complexity index is 1360. The first-order valence-electron chi connectivity index (χ1n) is 12.4. The van der Waals surface area contributed by atoms with Crippen molar-refractivity contribution < 1.29 is 22.7 Å². The van der Waals surface area contributed by atoms with E-state index in [1.54, 1.807) is 23.1 Å². The zero-order chi connectivity index (χ0) is 25.5. The Morgan fingerprint density at radius 2 is 1.75 bits per heavy atom. The highest BCUT2D eigenvalue weighted by Gasteiger charge is 2.28. The van der Waals surface area contributed by atoms with Crippen LogP contribution in [0, 0.1) is 5.92 Å². The summed E-state index contributed by atoms with van der Waals surface area (Å²) in [6.45, 7) is 10.8. The lowest BCUT2D eigenvalue weighted by molar-refractivity contribution is 0.0306. The molecule has 0 N–H and O–H groups in total. The van der Waals surface area contributed by atoms with Crippen molar-refractivity contribution in [1.82, 2.24) is 14.5 Å². The van der Waals surface area contributed by atoms with Crippen molar-refractivity contribution in [1.29, 1.82) is 0 Å². The second kappa shape index (κ2) is 9.89. The Morgan fingerprint density at radius 1 is 1.06 bits per heavy atom. The molecule has 1 amide bonds. The summed E-state index contributed by atoms with van der Waals surface area (Å²) in [7, 11) is -3.78. The maximum Gasteiger partial charge on any atom is 0.264 e. The molecule has 36 heavy (non-hydrogen) atoms. The molecule has 0 atom stereocenters. The number of morpholine rings is 1. The molecule has 194 valence electrons. The van der Waals surface area contributed by atoms with Gasteiger partial charge in [-0.1, -0.05) is 20.8 Å². The highest BCUT2D eigenvalue weighted by molar-refractivity contribution is 7.93. The zero-order valence-electron chi connectivity index (χ0n) is 21.0. The van der Waals surface area contributed by atoms with E-state index in [-0.39, 0.29) is 20.4 Å². The van der Waals surface area contributed by atoms with Gasteiger partial charge >= 0.3 is 0 Å². The Labute approximate surface area is 216 Å². The normalized spacial score (nSPS) is 18.1. The Kier molecular flexibility index (Phi) is 6.97. The molecule has 1 aromatic carbocycles. The standard InChI is InChI=1S/C26H33N3O5S2/c1-26(2,3)25-27-20-16-19(4-5-21(20)29(25)17-18-8-12-33-13-9-18)36(31,32)23-7-6-22(35-23)24(30)28-10-14-34-15-11-28/h4-7,16,18H,8-15,17H2,1-3H3. The van der Waals surface area contributed by atoms with E-state index in [2.05, 4.69) is 25.3 Å². The fourth-order valence-corrected chi connectivity index (χ4v) is 7.53. The number of carbonyl (C=O) groups is 1. The number of thiophene rings is 1. The Hall–Kier alpha value is -2.27. The van der Waals surface area contributed by atoms with Crippen LogP contribution in [-0.2, 0) is 31.3 Å². The molecule has 4 heterocycles. The molecule has 0 radical (unpaired) electrons. The smallest absolute Gasteiger partial charge is 0.264 e. The highest BCUT2D eigenvalue weighted by Crippen LogP contribution is 2.33. The molecular weight excluding hydrogens is 498 g/mol. The van der Waals surface area contributed by atoms with Crippen molar-refractivity contribution in [2.75, 3.05) is 39.5 Å². The average molecular weight is 532 g/mol. The molecule has 3 aromatic rings. The number of hydrogen-bond acceptors (Lipinski definition) is 7. The van der Waals surface area contributed by atoms with Crippen molar-refractivity contribution in [2.24, 2.45) is 5.92 Å². The first-order valence-corrected chi connectivity index (χ1v) is 14.7. The summed E-state index contributed by atoms with van der Waals surface area (Å²) in [4.78, 5) is 20.0. The number of rotatable bonds is 5. The van der Waals surface area contributed by atoms with Crippen LogP contribution >= 0.6 is 11.3 Å². The number of ether oxygens (including phenoxy) is 2. The molecule has 0 aliphatic carbocycles. The Morgan fingerprint density at radius 3 is 2.44 bits per heavy atom. The predicted molar refractivity (Wildman–Crippen MR) is 138 cm³/mol. The number of carbonyl (C=O) groups excluding carboxylic acids is 1.